The molecule has 0 radical (unpaired) electrons. The number of hydrogen-bond donors (Lipinski definition) is 1. The van der Waals surface area contributed by atoms with Crippen LogP contribution in [-0.2, 0) is 16.0 Å². The SMILES string of the molecule is CCc1ccccc1NC(=O)CN(C)C(=O)[C@H](C)n1cnc2ccccc21. The molecule has 1 heterocycles. The van der Waals surface area contributed by atoms with E-state index in [2.05, 4.69) is 10.3 Å². The van der Waals surface area contributed by atoms with Gasteiger partial charge in [0.15, 0.2) is 0 Å². The molecule has 3 aromatic rings. The number of para-hydroxylation sites is 3. The van der Waals surface area contributed by atoms with Gasteiger partial charge in [0.05, 0.1) is 23.9 Å². The quantitative estimate of drug-likeness (QED) is 0.730. The Bertz CT molecular complexity index is 963. The van der Waals surface area contributed by atoms with Crippen molar-refractivity contribution in [1.82, 2.24) is 14.5 Å². The summed E-state index contributed by atoms with van der Waals surface area (Å²) in [5, 5.41) is 2.90. The fourth-order valence-corrected chi connectivity index (χ4v) is 3.16. The van der Waals surface area contributed by atoms with E-state index in [0.717, 1.165) is 28.7 Å². The zero-order chi connectivity index (χ0) is 19.4. The van der Waals surface area contributed by atoms with E-state index in [4.69, 9.17) is 0 Å². The monoisotopic (exact) mass is 364 g/mol. The normalized spacial score (nSPS) is 12.0. The molecule has 2 aromatic carbocycles. The average molecular weight is 364 g/mol. The third kappa shape index (κ3) is 4.00. The van der Waals surface area contributed by atoms with E-state index >= 15 is 0 Å². The summed E-state index contributed by atoms with van der Waals surface area (Å²) >= 11 is 0. The molecule has 0 aliphatic carbocycles. The highest BCUT2D eigenvalue weighted by molar-refractivity contribution is 5.95. The Hall–Kier alpha value is -3.15. The van der Waals surface area contributed by atoms with Crippen molar-refractivity contribution >= 4 is 28.5 Å². The van der Waals surface area contributed by atoms with Crippen LogP contribution >= 0.6 is 0 Å². The van der Waals surface area contributed by atoms with Crippen molar-refractivity contribution in [1.29, 1.82) is 0 Å². The van der Waals surface area contributed by atoms with Crippen LogP contribution < -0.4 is 5.32 Å². The fourth-order valence-electron chi connectivity index (χ4n) is 3.16. The molecule has 3 rings (SSSR count). The van der Waals surface area contributed by atoms with Crippen molar-refractivity contribution in [2.75, 3.05) is 18.9 Å². The molecule has 27 heavy (non-hydrogen) atoms. The Morgan fingerprint density at radius 3 is 2.63 bits per heavy atom. The lowest BCUT2D eigenvalue weighted by Gasteiger charge is -2.22. The number of imidazole rings is 1. The molecule has 2 amide bonds. The summed E-state index contributed by atoms with van der Waals surface area (Å²) in [5.41, 5.74) is 3.60. The van der Waals surface area contributed by atoms with E-state index in [0.29, 0.717) is 0 Å². The molecule has 0 saturated carbocycles. The molecule has 0 aliphatic rings. The zero-order valence-electron chi connectivity index (χ0n) is 15.8. The van der Waals surface area contributed by atoms with Gasteiger partial charge in [0.2, 0.25) is 11.8 Å². The molecule has 0 unspecified atom stereocenters. The zero-order valence-corrected chi connectivity index (χ0v) is 15.8. The van der Waals surface area contributed by atoms with Gasteiger partial charge in [-0.1, -0.05) is 37.3 Å². The smallest absolute Gasteiger partial charge is 0.245 e. The summed E-state index contributed by atoms with van der Waals surface area (Å²) in [7, 11) is 1.64. The summed E-state index contributed by atoms with van der Waals surface area (Å²) < 4.78 is 1.83. The fraction of sp³-hybridized carbons (Fsp3) is 0.286. The van der Waals surface area contributed by atoms with Crippen molar-refractivity contribution in [2.24, 2.45) is 0 Å². The van der Waals surface area contributed by atoms with Gasteiger partial charge >= 0.3 is 0 Å². The first-order valence-electron chi connectivity index (χ1n) is 9.05. The van der Waals surface area contributed by atoms with Crippen molar-refractivity contribution < 1.29 is 9.59 Å². The first-order chi connectivity index (χ1) is 13.0. The summed E-state index contributed by atoms with van der Waals surface area (Å²) in [6, 6.07) is 14.9. The number of hydrogen-bond acceptors (Lipinski definition) is 3. The lowest BCUT2D eigenvalue weighted by Crippen LogP contribution is -2.38. The second kappa shape index (κ2) is 8.03. The maximum absolute atomic E-state index is 12.8. The van der Waals surface area contributed by atoms with E-state index in [-0.39, 0.29) is 18.4 Å². The predicted molar refractivity (Wildman–Crippen MR) is 107 cm³/mol. The second-order valence-electron chi connectivity index (χ2n) is 6.57. The van der Waals surface area contributed by atoms with E-state index < -0.39 is 6.04 Å². The molecule has 6 heteroatoms. The van der Waals surface area contributed by atoms with Crippen molar-refractivity contribution in [3.63, 3.8) is 0 Å². The largest absolute Gasteiger partial charge is 0.335 e. The number of aromatic nitrogens is 2. The highest BCUT2D eigenvalue weighted by Gasteiger charge is 2.22. The van der Waals surface area contributed by atoms with Crippen LogP contribution in [0.2, 0.25) is 0 Å². The van der Waals surface area contributed by atoms with Crippen molar-refractivity contribution in [3.8, 4) is 0 Å². The average Bonchev–Trinajstić information content (AvgIpc) is 3.11. The van der Waals surface area contributed by atoms with Gasteiger partial charge in [-0.25, -0.2) is 4.98 Å². The summed E-state index contributed by atoms with van der Waals surface area (Å²) in [4.78, 5) is 31.0. The number of carbonyl (C=O) groups excluding carboxylic acids is 2. The number of likely N-dealkylation sites (N-methyl/N-ethyl adjacent to an activating group) is 1. The Morgan fingerprint density at radius 2 is 1.85 bits per heavy atom. The van der Waals surface area contributed by atoms with Crippen molar-refractivity contribution in [2.45, 2.75) is 26.3 Å². The molecule has 1 atom stereocenters. The lowest BCUT2D eigenvalue weighted by molar-refractivity contribution is -0.135. The minimum Gasteiger partial charge on any atom is -0.335 e. The Kier molecular flexibility index (Phi) is 5.54. The molecule has 6 nitrogen and oxygen atoms in total. The molecule has 0 spiro atoms. The van der Waals surface area contributed by atoms with Crippen LogP contribution in [0.1, 0.15) is 25.5 Å². The Balaban J connectivity index is 1.67. The third-order valence-corrected chi connectivity index (χ3v) is 4.69. The number of nitrogens with zero attached hydrogens (tertiary/aromatic N) is 3. The second-order valence-corrected chi connectivity index (χ2v) is 6.57. The number of carbonyl (C=O) groups is 2. The van der Waals surface area contributed by atoms with E-state index in [1.54, 1.807) is 13.4 Å². The highest BCUT2D eigenvalue weighted by atomic mass is 16.2. The van der Waals surface area contributed by atoms with Crippen LogP contribution in [0.25, 0.3) is 11.0 Å². The van der Waals surface area contributed by atoms with Crippen LogP contribution in [0, 0.1) is 0 Å². The molecule has 0 fully saturated rings. The van der Waals surface area contributed by atoms with Gasteiger partial charge < -0.3 is 14.8 Å². The number of amides is 2. The molecular weight excluding hydrogens is 340 g/mol. The summed E-state index contributed by atoms with van der Waals surface area (Å²) in [6.45, 7) is 3.85. The first-order valence-corrected chi connectivity index (χ1v) is 9.05. The molecule has 0 saturated heterocycles. The molecule has 0 aliphatic heterocycles. The summed E-state index contributed by atoms with van der Waals surface area (Å²) in [6.07, 6.45) is 2.49. The number of rotatable bonds is 6. The van der Waals surface area contributed by atoms with Gasteiger partial charge in [-0.05, 0) is 37.1 Å². The Labute approximate surface area is 158 Å². The van der Waals surface area contributed by atoms with Crippen LogP contribution in [0.3, 0.4) is 0 Å². The van der Waals surface area contributed by atoms with E-state index in [1.165, 1.54) is 4.90 Å². The maximum atomic E-state index is 12.8. The number of fused-ring (bicyclic) bond motifs is 1. The molecule has 140 valence electrons. The standard InChI is InChI=1S/C21H24N4O2/c1-4-16-9-5-6-10-17(16)23-20(26)13-24(3)21(27)15(2)25-14-22-18-11-7-8-12-19(18)25/h5-12,14-15H,4,13H2,1-3H3,(H,23,26)/t15-/m0/s1. The molecule has 0 bridgehead atoms. The first kappa shape index (κ1) is 18.6. The predicted octanol–water partition coefficient (Wildman–Crippen LogP) is 3.26. The lowest BCUT2D eigenvalue weighted by atomic mass is 10.1. The van der Waals surface area contributed by atoms with Gasteiger partial charge in [0.25, 0.3) is 0 Å². The van der Waals surface area contributed by atoms with Gasteiger partial charge in [0, 0.05) is 12.7 Å². The van der Waals surface area contributed by atoms with Gasteiger partial charge in [-0.3, -0.25) is 9.59 Å². The number of benzene rings is 2. The minimum atomic E-state index is -0.446. The van der Waals surface area contributed by atoms with Crippen LogP contribution in [0.15, 0.2) is 54.9 Å². The van der Waals surface area contributed by atoms with Gasteiger partial charge in [-0.2, -0.15) is 0 Å². The van der Waals surface area contributed by atoms with Crippen LogP contribution in [0.5, 0.6) is 0 Å². The molecule has 1 aromatic heterocycles. The van der Waals surface area contributed by atoms with Crippen molar-refractivity contribution in [3.05, 3.63) is 60.4 Å². The molecular formula is C21H24N4O2. The van der Waals surface area contributed by atoms with Gasteiger partial charge in [-0.15, -0.1) is 0 Å². The number of aryl methyl sites for hydroxylation is 1. The maximum Gasteiger partial charge on any atom is 0.245 e. The summed E-state index contributed by atoms with van der Waals surface area (Å²) in [5.74, 6) is -0.355. The Morgan fingerprint density at radius 1 is 1.15 bits per heavy atom. The third-order valence-electron chi connectivity index (χ3n) is 4.69. The van der Waals surface area contributed by atoms with Crippen LogP contribution in [-0.4, -0.2) is 39.9 Å². The topological polar surface area (TPSA) is 67.2 Å². The van der Waals surface area contributed by atoms with E-state index in [1.807, 2.05) is 66.9 Å². The molecule has 1 N–H and O–H groups in total. The number of anilines is 1. The van der Waals surface area contributed by atoms with E-state index in [9.17, 15) is 9.59 Å². The highest BCUT2D eigenvalue weighted by Crippen LogP contribution is 2.19. The number of nitrogens with one attached hydrogen (secondary N) is 1. The van der Waals surface area contributed by atoms with Gasteiger partial charge in [0.1, 0.15) is 6.04 Å². The van der Waals surface area contributed by atoms with Crippen LogP contribution in [0.4, 0.5) is 5.69 Å². The minimum absolute atomic E-state index is 0.00610.